The van der Waals surface area contributed by atoms with Crippen molar-refractivity contribution >= 4 is 17.9 Å². The highest BCUT2D eigenvalue weighted by Gasteiger charge is 2.11. The van der Waals surface area contributed by atoms with Gasteiger partial charge in [0.1, 0.15) is 0 Å². The number of benzene rings is 1. The molecule has 0 bridgehead atoms. The molecule has 0 unspecified atom stereocenters. The van der Waals surface area contributed by atoms with E-state index in [4.69, 9.17) is 17.0 Å². The Morgan fingerprint density at radius 1 is 1.05 bits per heavy atom. The van der Waals surface area contributed by atoms with E-state index in [0.717, 1.165) is 37.7 Å². The van der Waals surface area contributed by atoms with Crippen LogP contribution in [0.2, 0.25) is 0 Å². The van der Waals surface area contributed by atoms with Crippen molar-refractivity contribution in [2.45, 2.75) is 0 Å². The number of rotatable bonds is 2. The molecule has 2 N–H and O–H groups in total. The number of hydrogen-bond donors (Lipinski definition) is 2. The van der Waals surface area contributed by atoms with Crippen LogP contribution in [0.15, 0.2) is 29.1 Å². The second-order valence-electron chi connectivity index (χ2n) is 4.31. The standard InChI is InChI=1S/C12H14N4O2S/c17-11-13-14-12(19)16(11)10-3-1-9(2-4-10)15-5-7-18-8-6-15/h1-4H,5-8H2,(H,13,17)(H,14,19). The molecule has 3 rings (SSSR count). The second-order valence-corrected chi connectivity index (χ2v) is 4.70. The van der Waals surface area contributed by atoms with Crippen molar-refractivity contribution in [1.82, 2.24) is 14.8 Å². The van der Waals surface area contributed by atoms with Crippen molar-refractivity contribution in [2.75, 3.05) is 31.2 Å². The van der Waals surface area contributed by atoms with Crippen LogP contribution in [0.3, 0.4) is 0 Å². The van der Waals surface area contributed by atoms with Gasteiger partial charge in [-0.3, -0.25) is 5.10 Å². The molecule has 1 aliphatic rings. The number of hydrogen-bond acceptors (Lipinski definition) is 4. The number of morpholine rings is 1. The first-order valence-corrected chi connectivity index (χ1v) is 6.49. The molecule has 1 aliphatic heterocycles. The van der Waals surface area contributed by atoms with Crippen LogP contribution in [0.5, 0.6) is 0 Å². The van der Waals surface area contributed by atoms with Gasteiger partial charge in [0.2, 0.25) is 4.77 Å². The van der Waals surface area contributed by atoms with Crippen molar-refractivity contribution in [2.24, 2.45) is 0 Å². The first kappa shape index (κ1) is 12.2. The predicted molar refractivity (Wildman–Crippen MR) is 74.6 cm³/mol. The van der Waals surface area contributed by atoms with Crippen molar-refractivity contribution in [3.8, 4) is 5.69 Å². The first-order chi connectivity index (χ1) is 9.25. The van der Waals surface area contributed by atoms with Gasteiger partial charge >= 0.3 is 5.69 Å². The van der Waals surface area contributed by atoms with Gasteiger partial charge in [-0.1, -0.05) is 0 Å². The zero-order valence-corrected chi connectivity index (χ0v) is 11.1. The Balaban J connectivity index is 1.90. The molecule has 2 heterocycles. The van der Waals surface area contributed by atoms with Gasteiger partial charge < -0.3 is 9.64 Å². The average molecular weight is 278 g/mol. The van der Waals surface area contributed by atoms with Crippen LogP contribution in [0, 0.1) is 4.77 Å². The molecular formula is C12H14N4O2S. The van der Waals surface area contributed by atoms with Crippen LogP contribution in [0.1, 0.15) is 0 Å². The molecule has 0 atom stereocenters. The Kier molecular flexibility index (Phi) is 3.22. The van der Waals surface area contributed by atoms with Crippen LogP contribution in [-0.4, -0.2) is 41.1 Å². The van der Waals surface area contributed by atoms with Crippen molar-refractivity contribution < 1.29 is 4.74 Å². The van der Waals surface area contributed by atoms with E-state index in [1.807, 2.05) is 24.3 Å². The number of aromatic nitrogens is 3. The van der Waals surface area contributed by atoms with Crippen LogP contribution < -0.4 is 10.6 Å². The molecule has 0 saturated carbocycles. The SMILES string of the molecule is O=c1[nH][nH]c(=S)n1-c1ccc(N2CCOCC2)cc1. The third-order valence-electron chi connectivity index (χ3n) is 3.17. The summed E-state index contributed by atoms with van der Waals surface area (Å²) in [7, 11) is 0. The van der Waals surface area contributed by atoms with E-state index in [-0.39, 0.29) is 5.69 Å². The summed E-state index contributed by atoms with van der Waals surface area (Å²) in [6.07, 6.45) is 0. The highest BCUT2D eigenvalue weighted by atomic mass is 32.1. The highest BCUT2D eigenvalue weighted by Crippen LogP contribution is 2.17. The van der Waals surface area contributed by atoms with Gasteiger partial charge in [-0.05, 0) is 36.5 Å². The smallest absolute Gasteiger partial charge is 0.347 e. The van der Waals surface area contributed by atoms with E-state index >= 15 is 0 Å². The van der Waals surface area contributed by atoms with E-state index in [0.29, 0.717) is 4.77 Å². The third-order valence-corrected chi connectivity index (χ3v) is 3.45. The topological polar surface area (TPSA) is 66.0 Å². The first-order valence-electron chi connectivity index (χ1n) is 6.08. The maximum atomic E-state index is 11.6. The van der Waals surface area contributed by atoms with Crippen molar-refractivity contribution in [3.05, 3.63) is 39.5 Å². The summed E-state index contributed by atoms with van der Waals surface area (Å²) in [5.74, 6) is 0. The van der Waals surface area contributed by atoms with Crippen LogP contribution in [-0.2, 0) is 4.74 Å². The molecule has 2 aromatic rings. The summed E-state index contributed by atoms with van der Waals surface area (Å²) in [6.45, 7) is 3.29. The Morgan fingerprint density at radius 2 is 1.68 bits per heavy atom. The Labute approximate surface area is 114 Å². The molecule has 1 aromatic carbocycles. The molecule has 6 nitrogen and oxygen atoms in total. The fraction of sp³-hybridized carbons (Fsp3) is 0.333. The minimum Gasteiger partial charge on any atom is -0.378 e. The van der Waals surface area contributed by atoms with Crippen molar-refractivity contribution in [3.63, 3.8) is 0 Å². The van der Waals surface area contributed by atoms with E-state index in [2.05, 4.69) is 15.1 Å². The summed E-state index contributed by atoms with van der Waals surface area (Å²) in [5, 5.41) is 5.09. The molecule has 0 amide bonds. The number of ether oxygens (including phenoxy) is 1. The molecule has 100 valence electrons. The van der Waals surface area contributed by atoms with Crippen LogP contribution >= 0.6 is 12.2 Å². The molecule has 19 heavy (non-hydrogen) atoms. The lowest BCUT2D eigenvalue weighted by Gasteiger charge is -2.28. The minimum absolute atomic E-state index is 0.260. The predicted octanol–water partition coefficient (Wildman–Crippen LogP) is 1.06. The molecular weight excluding hydrogens is 264 g/mol. The summed E-state index contributed by atoms with van der Waals surface area (Å²) < 4.78 is 7.12. The molecule has 1 fully saturated rings. The van der Waals surface area contributed by atoms with E-state index in [9.17, 15) is 4.79 Å². The lowest BCUT2D eigenvalue weighted by Crippen LogP contribution is -2.36. The lowest BCUT2D eigenvalue weighted by atomic mass is 10.2. The fourth-order valence-electron chi connectivity index (χ4n) is 2.18. The molecule has 7 heteroatoms. The van der Waals surface area contributed by atoms with Crippen molar-refractivity contribution in [1.29, 1.82) is 0 Å². The van der Waals surface area contributed by atoms with Gasteiger partial charge in [0.15, 0.2) is 0 Å². The minimum atomic E-state index is -0.260. The Bertz CT molecular complexity index is 637. The molecule has 1 saturated heterocycles. The number of nitrogens with zero attached hydrogens (tertiary/aromatic N) is 2. The number of H-pyrrole nitrogens is 2. The summed E-state index contributed by atoms with van der Waals surface area (Å²) in [6, 6.07) is 7.77. The van der Waals surface area contributed by atoms with Crippen LogP contribution in [0.4, 0.5) is 5.69 Å². The zero-order chi connectivity index (χ0) is 13.2. The fourth-order valence-corrected chi connectivity index (χ4v) is 2.42. The van der Waals surface area contributed by atoms with Crippen LogP contribution in [0.25, 0.3) is 5.69 Å². The monoisotopic (exact) mass is 278 g/mol. The summed E-state index contributed by atoms with van der Waals surface area (Å²) >= 11 is 5.06. The largest absolute Gasteiger partial charge is 0.378 e. The molecule has 0 radical (unpaired) electrons. The number of aromatic amines is 2. The number of anilines is 1. The number of nitrogens with one attached hydrogen (secondary N) is 2. The summed E-state index contributed by atoms with van der Waals surface area (Å²) in [4.78, 5) is 13.9. The normalized spacial score (nSPS) is 15.7. The van der Waals surface area contributed by atoms with E-state index in [1.165, 1.54) is 4.57 Å². The quantitative estimate of drug-likeness (QED) is 0.806. The van der Waals surface area contributed by atoms with Gasteiger partial charge in [-0.15, -0.1) is 0 Å². The molecule has 0 aliphatic carbocycles. The maximum Gasteiger partial charge on any atom is 0.347 e. The van der Waals surface area contributed by atoms with E-state index in [1.54, 1.807) is 0 Å². The van der Waals surface area contributed by atoms with Gasteiger partial charge in [0, 0.05) is 18.8 Å². The maximum absolute atomic E-state index is 11.6. The van der Waals surface area contributed by atoms with Gasteiger partial charge in [0.25, 0.3) is 0 Å². The molecule has 1 aromatic heterocycles. The third kappa shape index (κ3) is 2.34. The Hall–Kier alpha value is -1.86. The second kappa shape index (κ2) is 5.02. The summed E-state index contributed by atoms with van der Waals surface area (Å²) in [5.41, 5.74) is 1.62. The Morgan fingerprint density at radius 3 is 2.26 bits per heavy atom. The van der Waals surface area contributed by atoms with Gasteiger partial charge in [-0.25, -0.2) is 14.5 Å². The van der Waals surface area contributed by atoms with Gasteiger partial charge in [-0.2, -0.15) is 0 Å². The molecule has 0 spiro atoms. The van der Waals surface area contributed by atoms with Gasteiger partial charge in [0.05, 0.1) is 18.9 Å². The lowest BCUT2D eigenvalue weighted by molar-refractivity contribution is 0.122. The highest BCUT2D eigenvalue weighted by molar-refractivity contribution is 7.71. The van der Waals surface area contributed by atoms with E-state index < -0.39 is 0 Å². The average Bonchev–Trinajstić information content (AvgIpc) is 2.79. The zero-order valence-electron chi connectivity index (χ0n) is 10.3.